The molecule has 0 radical (unpaired) electrons. The lowest BCUT2D eigenvalue weighted by atomic mass is 9.88. The van der Waals surface area contributed by atoms with Gasteiger partial charge >= 0.3 is 0 Å². The third kappa shape index (κ3) is 2.72. The van der Waals surface area contributed by atoms with E-state index < -0.39 is 0 Å². The van der Waals surface area contributed by atoms with Crippen LogP contribution in [0.5, 0.6) is 0 Å². The molecule has 0 saturated carbocycles. The second-order valence-corrected chi connectivity index (χ2v) is 7.55. The van der Waals surface area contributed by atoms with Crippen molar-refractivity contribution in [3.05, 3.63) is 17.0 Å². The molecule has 2 aliphatic heterocycles. The number of likely N-dealkylation sites (tertiary alicyclic amines) is 2. The van der Waals surface area contributed by atoms with E-state index in [9.17, 15) is 9.59 Å². The van der Waals surface area contributed by atoms with E-state index >= 15 is 0 Å². The van der Waals surface area contributed by atoms with Gasteiger partial charge in [0.15, 0.2) is 0 Å². The lowest BCUT2D eigenvalue weighted by Crippen LogP contribution is -2.42. The van der Waals surface area contributed by atoms with Gasteiger partial charge in [-0.2, -0.15) is 5.10 Å². The Balaban J connectivity index is 1.36. The number of hydrogen-bond donors (Lipinski definition) is 1. The van der Waals surface area contributed by atoms with E-state index in [1.807, 2.05) is 16.8 Å². The monoisotopic (exact) mass is 330 g/mol. The van der Waals surface area contributed by atoms with Crippen LogP contribution in [-0.4, -0.2) is 58.5 Å². The maximum absolute atomic E-state index is 12.6. The minimum absolute atomic E-state index is 0.0193. The Hall–Kier alpha value is -1.85. The molecule has 4 rings (SSSR count). The van der Waals surface area contributed by atoms with E-state index in [2.05, 4.69) is 10.2 Å². The van der Waals surface area contributed by atoms with E-state index in [1.54, 1.807) is 0 Å². The van der Waals surface area contributed by atoms with Crippen molar-refractivity contribution in [1.29, 1.82) is 0 Å². The van der Waals surface area contributed by atoms with Crippen molar-refractivity contribution in [3.63, 3.8) is 0 Å². The predicted molar refractivity (Wildman–Crippen MR) is 89.4 cm³/mol. The van der Waals surface area contributed by atoms with Gasteiger partial charge in [-0.1, -0.05) is 0 Å². The summed E-state index contributed by atoms with van der Waals surface area (Å²) in [5.41, 5.74) is 3.69. The van der Waals surface area contributed by atoms with Gasteiger partial charge in [0.25, 0.3) is 0 Å². The second kappa shape index (κ2) is 6.22. The number of carbonyl (C=O) groups is 2. The molecule has 6 heteroatoms. The van der Waals surface area contributed by atoms with Gasteiger partial charge in [-0.05, 0) is 43.6 Å². The molecule has 6 nitrogen and oxygen atoms in total. The average Bonchev–Trinajstić information content (AvgIpc) is 3.21. The lowest BCUT2D eigenvalue weighted by Gasteiger charge is -2.30. The van der Waals surface area contributed by atoms with Crippen LogP contribution in [0.2, 0.25) is 0 Å². The Morgan fingerprint density at radius 3 is 3.00 bits per heavy atom. The van der Waals surface area contributed by atoms with Crippen molar-refractivity contribution >= 4 is 11.8 Å². The minimum Gasteiger partial charge on any atom is -0.345 e. The Morgan fingerprint density at radius 2 is 2.12 bits per heavy atom. The summed E-state index contributed by atoms with van der Waals surface area (Å²) in [5, 5.41) is 7.58. The van der Waals surface area contributed by atoms with E-state index in [0.717, 1.165) is 38.0 Å². The first-order chi connectivity index (χ1) is 11.6. The third-order valence-corrected chi connectivity index (χ3v) is 6.04. The average molecular weight is 330 g/mol. The van der Waals surface area contributed by atoms with Crippen molar-refractivity contribution in [2.75, 3.05) is 26.7 Å². The van der Waals surface area contributed by atoms with Crippen LogP contribution < -0.4 is 0 Å². The van der Waals surface area contributed by atoms with Crippen LogP contribution in [0, 0.1) is 11.8 Å². The molecule has 0 unspecified atom stereocenters. The predicted octanol–water partition coefficient (Wildman–Crippen LogP) is 1.16. The van der Waals surface area contributed by atoms with Gasteiger partial charge in [-0.3, -0.25) is 14.7 Å². The van der Waals surface area contributed by atoms with E-state index in [4.69, 9.17) is 0 Å². The molecular formula is C18H26N4O2. The van der Waals surface area contributed by atoms with Crippen LogP contribution >= 0.6 is 0 Å². The number of hydrogen-bond acceptors (Lipinski definition) is 3. The summed E-state index contributed by atoms with van der Waals surface area (Å²) in [4.78, 5) is 28.6. The first-order valence-electron chi connectivity index (χ1n) is 9.21. The zero-order valence-electron chi connectivity index (χ0n) is 14.4. The van der Waals surface area contributed by atoms with Crippen LogP contribution in [0.4, 0.5) is 0 Å². The fourth-order valence-corrected chi connectivity index (χ4v) is 4.54. The largest absolute Gasteiger partial charge is 0.345 e. The molecule has 1 aliphatic carbocycles. The smallest absolute Gasteiger partial charge is 0.227 e. The molecule has 24 heavy (non-hydrogen) atoms. The van der Waals surface area contributed by atoms with Gasteiger partial charge in [-0.25, -0.2) is 0 Å². The van der Waals surface area contributed by atoms with Gasteiger partial charge in [0.05, 0.1) is 11.6 Å². The number of nitrogens with one attached hydrogen (secondary N) is 1. The van der Waals surface area contributed by atoms with Crippen LogP contribution in [-0.2, 0) is 28.9 Å². The van der Waals surface area contributed by atoms with Gasteiger partial charge in [0.1, 0.15) is 0 Å². The summed E-state index contributed by atoms with van der Waals surface area (Å²) in [6.07, 6.45) is 6.85. The number of carbonyl (C=O) groups excluding carboxylic acids is 2. The highest BCUT2D eigenvalue weighted by molar-refractivity contribution is 5.83. The molecule has 130 valence electrons. The molecule has 0 aromatic carbocycles. The molecule has 2 fully saturated rings. The van der Waals surface area contributed by atoms with Gasteiger partial charge in [-0.15, -0.1) is 0 Å². The number of rotatable bonds is 3. The number of aromatic amines is 1. The summed E-state index contributed by atoms with van der Waals surface area (Å²) < 4.78 is 0. The number of aromatic nitrogens is 2. The quantitative estimate of drug-likeness (QED) is 0.904. The van der Waals surface area contributed by atoms with Crippen molar-refractivity contribution in [1.82, 2.24) is 20.0 Å². The molecule has 0 spiro atoms. The highest BCUT2D eigenvalue weighted by Gasteiger charge is 2.43. The zero-order valence-corrected chi connectivity index (χ0v) is 14.4. The second-order valence-electron chi connectivity index (χ2n) is 7.55. The van der Waals surface area contributed by atoms with Crippen molar-refractivity contribution in [3.8, 4) is 0 Å². The summed E-state index contributed by atoms with van der Waals surface area (Å²) in [6.45, 7) is 2.18. The fraction of sp³-hybridized carbons (Fsp3) is 0.722. The molecule has 2 saturated heterocycles. The summed E-state index contributed by atoms with van der Waals surface area (Å²) in [7, 11) is 1.86. The molecule has 2 amide bonds. The van der Waals surface area contributed by atoms with Crippen LogP contribution in [0.15, 0.2) is 0 Å². The number of aryl methyl sites for hydroxylation is 2. The Kier molecular flexibility index (Phi) is 4.06. The van der Waals surface area contributed by atoms with Gasteiger partial charge in [0, 0.05) is 45.2 Å². The Morgan fingerprint density at radius 1 is 1.29 bits per heavy atom. The maximum atomic E-state index is 12.6. The maximum Gasteiger partial charge on any atom is 0.227 e. The molecule has 3 aliphatic rings. The Labute approximate surface area is 142 Å². The minimum atomic E-state index is 0.0193. The number of fused-ring (bicyclic) bond motifs is 2. The standard InChI is InChI=1S/C18H26N4O2/c1-21-9-8-12-10-22(11-14(12)18(21)24)17(23)7-6-16-13-4-2-3-5-15(13)19-20-16/h12,14H,2-11H2,1H3,(H,19,20)/t12-,14+/m1/s1. The molecule has 0 bridgehead atoms. The van der Waals surface area contributed by atoms with Crippen molar-refractivity contribution < 1.29 is 9.59 Å². The van der Waals surface area contributed by atoms with E-state index in [0.29, 0.717) is 25.3 Å². The molecular weight excluding hydrogens is 304 g/mol. The molecule has 1 aromatic heterocycles. The van der Waals surface area contributed by atoms with Crippen molar-refractivity contribution in [2.24, 2.45) is 11.8 Å². The topological polar surface area (TPSA) is 69.3 Å². The zero-order chi connectivity index (χ0) is 16.7. The highest BCUT2D eigenvalue weighted by atomic mass is 16.2. The summed E-state index contributed by atoms with van der Waals surface area (Å²) >= 11 is 0. The first-order valence-corrected chi connectivity index (χ1v) is 9.21. The van der Waals surface area contributed by atoms with Crippen molar-refractivity contribution in [2.45, 2.75) is 44.9 Å². The molecule has 1 aromatic rings. The van der Waals surface area contributed by atoms with Crippen LogP contribution in [0.3, 0.4) is 0 Å². The number of nitrogens with zero attached hydrogens (tertiary/aromatic N) is 3. The normalized spacial score (nSPS) is 26.5. The van der Waals surface area contributed by atoms with E-state index in [1.165, 1.54) is 24.1 Å². The van der Waals surface area contributed by atoms with Gasteiger partial charge < -0.3 is 9.80 Å². The van der Waals surface area contributed by atoms with Crippen LogP contribution in [0.25, 0.3) is 0 Å². The summed E-state index contributed by atoms with van der Waals surface area (Å²) in [6, 6.07) is 0. The molecule has 2 atom stereocenters. The van der Waals surface area contributed by atoms with E-state index in [-0.39, 0.29) is 17.7 Å². The first kappa shape index (κ1) is 15.7. The highest BCUT2D eigenvalue weighted by Crippen LogP contribution is 2.32. The summed E-state index contributed by atoms with van der Waals surface area (Å²) in [5.74, 6) is 0.761. The lowest BCUT2D eigenvalue weighted by molar-refractivity contribution is -0.138. The molecule has 1 N–H and O–H groups in total. The third-order valence-electron chi connectivity index (χ3n) is 6.04. The molecule has 3 heterocycles. The number of H-pyrrole nitrogens is 1. The fourth-order valence-electron chi connectivity index (χ4n) is 4.54. The van der Waals surface area contributed by atoms with Crippen LogP contribution in [0.1, 0.15) is 42.6 Å². The SMILES string of the molecule is CN1CC[C@@H]2CN(C(=O)CCc3n[nH]c4c3CCCC4)C[C@@H]2C1=O. The number of amides is 2. The number of piperidine rings is 1. The van der Waals surface area contributed by atoms with Gasteiger partial charge in [0.2, 0.25) is 11.8 Å². The Bertz CT molecular complexity index is 653.